The molecule has 7 nitrogen and oxygen atoms in total. The van der Waals surface area contributed by atoms with Gasteiger partial charge in [-0.05, 0) is 63.0 Å². The minimum Gasteiger partial charge on any atom is -0.491 e. The van der Waals surface area contributed by atoms with Crippen LogP contribution in [0.3, 0.4) is 0 Å². The highest BCUT2D eigenvalue weighted by atomic mass is 32.1. The lowest BCUT2D eigenvalue weighted by atomic mass is 9.97. The average Bonchev–Trinajstić information content (AvgIpc) is 3.08. The van der Waals surface area contributed by atoms with Crippen LogP contribution in [-0.4, -0.2) is 45.4 Å². The Morgan fingerprint density at radius 1 is 1.43 bits per heavy atom. The Labute approximate surface area is 171 Å². The average molecular weight is 404 g/mol. The number of amides is 2. The van der Waals surface area contributed by atoms with E-state index in [4.69, 9.17) is 17.0 Å². The number of aromatic amines is 1. The monoisotopic (exact) mass is 403 g/mol. The summed E-state index contributed by atoms with van der Waals surface area (Å²) >= 11 is 5.31. The molecule has 1 atom stereocenters. The third-order valence-corrected chi connectivity index (χ3v) is 5.33. The molecule has 0 saturated carbocycles. The van der Waals surface area contributed by atoms with Crippen molar-refractivity contribution in [3.05, 3.63) is 34.4 Å². The maximum atomic E-state index is 12.9. The lowest BCUT2D eigenvalue weighted by molar-refractivity contribution is 0.190. The van der Waals surface area contributed by atoms with Gasteiger partial charge in [0, 0.05) is 25.6 Å². The molecule has 0 bridgehead atoms. The predicted octanol–water partition coefficient (Wildman–Crippen LogP) is 4.47. The van der Waals surface area contributed by atoms with Crippen molar-refractivity contribution >= 4 is 23.9 Å². The highest BCUT2D eigenvalue weighted by molar-refractivity contribution is 7.71. The number of aromatic nitrogens is 3. The number of hydrogen-bond donors (Lipinski definition) is 2. The van der Waals surface area contributed by atoms with E-state index in [0.717, 1.165) is 49.5 Å². The number of piperidine rings is 1. The van der Waals surface area contributed by atoms with E-state index in [1.807, 2.05) is 34.6 Å². The topological polar surface area (TPSA) is 75.2 Å². The van der Waals surface area contributed by atoms with Gasteiger partial charge in [-0.25, -0.2) is 4.79 Å². The molecule has 2 heterocycles. The van der Waals surface area contributed by atoms with E-state index in [2.05, 4.69) is 29.4 Å². The van der Waals surface area contributed by atoms with Crippen LogP contribution in [0.25, 0.3) is 0 Å². The maximum absolute atomic E-state index is 12.9. The van der Waals surface area contributed by atoms with Crippen LogP contribution in [0.5, 0.6) is 5.75 Å². The standard InChI is InChI=1S/C20H29N5O2S/c1-4-11-27-17-12-14(3)8-9-16(17)21-19(26)24-10-6-7-15(13-24)18-22-23-20(28)25(18)5-2/h8-9,12,15H,4-7,10-11,13H2,1-3H3,(H,21,26)(H,23,28)/t15-/m1/s1. The number of benzene rings is 1. The molecule has 2 amide bonds. The number of anilines is 1. The predicted molar refractivity (Wildman–Crippen MR) is 113 cm³/mol. The quantitative estimate of drug-likeness (QED) is 0.698. The van der Waals surface area contributed by atoms with Gasteiger partial charge >= 0.3 is 6.03 Å². The van der Waals surface area contributed by atoms with Gasteiger partial charge in [0.05, 0.1) is 12.3 Å². The fourth-order valence-corrected chi connectivity index (χ4v) is 3.85. The van der Waals surface area contributed by atoms with Gasteiger partial charge in [0.1, 0.15) is 11.6 Å². The molecule has 2 aromatic rings. The number of rotatable bonds is 6. The molecule has 2 N–H and O–H groups in total. The van der Waals surface area contributed by atoms with Crippen molar-refractivity contribution in [2.75, 3.05) is 25.0 Å². The van der Waals surface area contributed by atoms with Crippen LogP contribution in [0.15, 0.2) is 18.2 Å². The number of nitrogens with zero attached hydrogens (tertiary/aromatic N) is 3. The second-order valence-electron chi connectivity index (χ2n) is 7.19. The zero-order valence-corrected chi connectivity index (χ0v) is 17.6. The fraction of sp³-hybridized carbons (Fsp3) is 0.550. The van der Waals surface area contributed by atoms with Crippen molar-refractivity contribution in [3.8, 4) is 5.75 Å². The van der Waals surface area contributed by atoms with E-state index < -0.39 is 0 Å². The molecular weight excluding hydrogens is 374 g/mol. The van der Waals surface area contributed by atoms with E-state index in [1.54, 1.807) is 0 Å². The molecule has 1 aromatic heterocycles. The molecule has 1 aromatic carbocycles. The van der Waals surface area contributed by atoms with Crippen molar-refractivity contribution in [2.45, 2.75) is 52.5 Å². The number of ether oxygens (including phenoxy) is 1. The number of nitrogens with one attached hydrogen (secondary N) is 2. The first-order valence-electron chi connectivity index (χ1n) is 9.98. The van der Waals surface area contributed by atoms with E-state index in [0.29, 0.717) is 23.6 Å². The molecule has 1 fully saturated rings. The highest BCUT2D eigenvalue weighted by Crippen LogP contribution is 2.29. The van der Waals surface area contributed by atoms with Gasteiger partial charge < -0.3 is 19.5 Å². The summed E-state index contributed by atoms with van der Waals surface area (Å²) in [6.07, 6.45) is 2.86. The number of carbonyl (C=O) groups is 1. The minimum absolute atomic E-state index is 0.105. The zero-order chi connectivity index (χ0) is 20.1. The third-order valence-electron chi connectivity index (χ3n) is 5.02. The third kappa shape index (κ3) is 4.55. The van der Waals surface area contributed by atoms with Crippen molar-refractivity contribution < 1.29 is 9.53 Å². The van der Waals surface area contributed by atoms with Crippen molar-refractivity contribution in [1.82, 2.24) is 19.7 Å². The lowest BCUT2D eigenvalue weighted by Gasteiger charge is -2.32. The Morgan fingerprint density at radius 3 is 3.00 bits per heavy atom. The van der Waals surface area contributed by atoms with Gasteiger partial charge in [-0.2, -0.15) is 5.10 Å². The van der Waals surface area contributed by atoms with E-state index in [9.17, 15) is 4.79 Å². The largest absolute Gasteiger partial charge is 0.491 e. The van der Waals surface area contributed by atoms with Crippen LogP contribution in [0, 0.1) is 11.7 Å². The zero-order valence-electron chi connectivity index (χ0n) is 16.8. The maximum Gasteiger partial charge on any atom is 0.321 e. The molecule has 1 aliphatic heterocycles. The first-order chi connectivity index (χ1) is 13.5. The van der Waals surface area contributed by atoms with Gasteiger partial charge in [0.15, 0.2) is 4.77 Å². The summed E-state index contributed by atoms with van der Waals surface area (Å²) < 4.78 is 8.46. The van der Waals surface area contributed by atoms with E-state index in [-0.39, 0.29) is 11.9 Å². The van der Waals surface area contributed by atoms with Gasteiger partial charge in [0.25, 0.3) is 0 Å². The molecule has 1 aliphatic rings. The number of carbonyl (C=O) groups excluding carboxylic acids is 1. The second-order valence-corrected chi connectivity index (χ2v) is 7.58. The van der Waals surface area contributed by atoms with Crippen LogP contribution >= 0.6 is 12.2 Å². The summed E-state index contributed by atoms with van der Waals surface area (Å²) in [6.45, 7) is 8.89. The number of H-pyrrole nitrogens is 1. The summed E-state index contributed by atoms with van der Waals surface area (Å²) in [6, 6.07) is 5.74. The summed E-state index contributed by atoms with van der Waals surface area (Å²) in [5.74, 6) is 1.84. The number of urea groups is 1. The molecule has 0 unspecified atom stereocenters. The Kier molecular flexibility index (Phi) is 6.72. The van der Waals surface area contributed by atoms with Crippen LogP contribution in [0.2, 0.25) is 0 Å². The van der Waals surface area contributed by atoms with Gasteiger partial charge in [0.2, 0.25) is 0 Å². The molecule has 0 aliphatic carbocycles. The van der Waals surface area contributed by atoms with Crippen LogP contribution < -0.4 is 10.1 Å². The molecule has 1 saturated heterocycles. The Morgan fingerprint density at radius 2 is 2.25 bits per heavy atom. The first kappa shape index (κ1) is 20.4. The van der Waals surface area contributed by atoms with Gasteiger partial charge in [-0.3, -0.25) is 5.10 Å². The Hall–Kier alpha value is -2.35. The number of likely N-dealkylation sites (tertiary alicyclic amines) is 1. The van der Waals surface area contributed by atoms with Crippen molar-refractivity contribution in [2.24, 2.45) is 0 Å². The SMILES string of the molecule is CCCOc1cc(C)ccc1NC(=O)N1CCC[C@@H](c2n[nH]c(=S)n2CC)C1. The summed E-state index contributed by atoms with van der Waals surface area (Å²) in [7, 11) is 0. The molecule has 28 heavy (non-hydrogen) atoms. The van der Waals surface area contributed by atoms with Crippen LogP contribution in [0.1, 0.15) is 50.4 Å². The van der Waals surface area contributed by atoms with Crippen molar-refractivity contribution in [1.29, 1.82) is 0 Å². The molecular formula is C20H29N5O2S. The normalized spacial score (nSPS) is 16.8. The first-order valence-corrected chi connectivity index (χ1v) is 10.4. The van der Waals surface area contributed by atoms with Gasteiger partial charge in [-0.15, -0.1) is 0 Å². The fourth-order valence-electron chi connectivity index (χ4n) is 3.58. The summed E-state index contributed by atoms with van der Waals surface area (Å²) in [5, 5.41) is 10.3. The summed E-state index contributed by atoms with van der Waals surface area (Å²) in [4.78, 5) is 14.8. The highest BCUT2D eigenvalue weighted by Gasteiger charge is 2.28. The molecule has 0 spiro atoms. The smallest absolute Gasteiger partial charge is 0.321 e. The Balaban J connectivity index is 1.72. The van der Waals surface area contributed by atoms with Crippen LogP contribution in [-0.2, 0) is 6.54 Å². The Bertz CT molecular complexity index is 876. The van der Waals surface area contributed by atoms with E-state index >= 15 is 0 Å². The number of aryl methyl sites for hydroxylation is 1. The lowest BCUT2D eigenvalue weighted by Crippen LogP contribution is -2.42. The van der Waals surface area contributed by atoms with Gasteiger partial charge in [-0.1, -0.05) is 13.0 Å². The second kappa shape index (κ2) is 9.23. The summed E-state index contributed by atoms with van der Waals surface area (Å²) in [5.41, 5.74) is 1.81. The number of hydrogen-bond acceptors (Lipinski definition) is 4. The molecule has 3 rings (SSSR count). The molecule has 0 radical (unpaired) electrons. The van der Waals surface area contributed by atoms with Crippen molar-refractivity contribution in [3.63, 3.8) is 0 Å². The molecule has 152 valence electrons. The van der Waals surface area contributed by atoms with Crippen LogP contribution in [0.4, 0.5) is 10.5 Å². The molecule has 8 heteroatoms. The minimum atomic E-state index is -0.105. The van der Waals surface area contributed by atoms with E-state index in [1.165, 1.54) is 0 Å².